The van der Waals surface area contributed by atoms with Crippen molar-refractivity contribution in [1.82, 2.24) is 0 Å². The van der Waals surface area contributed by atoms with Crippen LogP contribution in [0.1, 0.15) is 36.0 Å². The Morgan fingerprint density at radius 2 is 1.86 bits per heavy atom. The third-order valence-electron chi connectivity index (χ3n) is 2.77. The highest BCUT2D eigenvalue weighted by atomic mass is 16.3. The van der Waals surface area contributed by atoms with Crippen LogP contribution in [0.2, 0.25) is 0 Å². The lowest BCUT2D eigenvalue weighted by molar-refractivity contribution is 0.460. The van der Waals surface area contributed by atoms with Gasteiger partial charge in [-0.1, -0.05) is 13.0 Å². The van der Waals surface area contributed by atoms with Crippen molar-refractivity contribution in [2.45, 2.75) is 33.1 Å². The Labute approximate surface area is 85.8 Å². The van der Waals surface area contributed by atoms with Crippen molar-refractivity contribution in [3.8, 4) is 5.75 Å². The minimum atomic E-state index is 0.333. The van der Waals surface area contributed by atoms with Gasteiger partial charge in [0.25, 0.3) is 0 Å². The van der Waals surface area contributed by atoms with Crippen molar-refractivity contribution in [3.05, 3.63) is 28.8 Å². The average molecular weight is 193 g/mol. The molecule has 1 unspecified atom stereocenters. The van der Waals surface area contributed by atoms with Gasteiger partial charge in [0.15, 0.2) is 0 Å². The fourth-order valence-corrected chi connectivity index (χ4v) is 1.62. The zero-order valence-electron chi connectivity index (χ0n) is 9.17. The van der Waals surface area contributed by atoms with E-state index in [0.29, 0.717) is 18.2 Å². The second-order valence-electron chi connectivity index (χ2n) is 3.97. The van der Waals surface area contributed by atoms with E-state index in [1.54, 1.807) is 0 Å². The Hall–Kier alpha value is -1.02. The molecule has 0 amide bonds. The molecule has 78 valence electrons. The third kappa shape index (κ3) is 2.26. The molecule has 1 aromatic rings. The Kier molecular flexibility index (Phi) is 3.53. The minimum absolute atomic E-state index is 0.333. The van der Waals surface area contributed by atoms with E-state index in [4.69, 9.17) is 5.73 Å². The summed E-state index contributed by atoms with van der Waals surface area (Å²) in [7, 11) is 0. The number of benzene rings is 1. The summed E-state index contributed by atoms with van der Waals surface area (Å²) in [6, 6.07) is 3.89. The molecule has 0 saturated carbocycles. The summed E-state index contributed by atoms with van der Waals surface area (Å²) in [5.74, 6) is 0.730. The highest BCUT2D eigenvalue weighted by Crippen LogP contribution is 2.30. The van der Waals surface area contributed by atoms with Gasteiger partial charge in [0, 0.05) is 0 Å². The van der Waals surface area contributed by atoms with Crippen LogP contribution in [0.25, 0.3) is 0 Å². The number of aromatic hydroxyl groups is 1. The molecule has 0 aromatic heterocycles. The number of phenolic OH excluding ortho intramolecular Hbond substituents is 1. The van der Waals surface area contributed by atoms with Gasteiger partial charge in [-0.25, -0.2) is 0 Å². The topological polar surface area (TPSA) is 46.2 Å². The summed E-state index contributed by atoms with van der Waals surface area (Å²) < 4.78 is 0. The van der Waals surface area contributed by atoms with Crippen LogP contribution in [0.3, 0.4) is 0 Å². The zero-order chi connectivity index (χ0) is 10.7. The van der Waals surface area contributed by atoms with Crippen molar-refractivity contribution < 1.29 is 5.11 Å². The van der Waals surface area contributed by atoms with E-state index < -0.39 is 0 Å². The molecule has 0 saturated heterocycles. The number of hydrogen-bond acceptors (Lipinski definition) is 2. The lowest BCUT2D eigenvalue weighted by Gasteiger charge is -2.14. The average Bonchev–Trinajstić information content (AvgIpc) is 2.11. The molecule has 0 spiro atoms. The molecule has 2 heteroatoms. The minimum Gasteiger partial charge on any atom is -0.508 e. The first-order chi connectivity index (χ1) is 6.56. The summed E-state index contributed by atoms with van der Waals surface area (Å²) >= 11 is 0. The summed E-state index contributed by atoms with van der Waals surface area (Å²) in [6.45, 7) is 6.82. The first kappa shape index (κ1) is 11.1. The van der Waals surface area contributed by atoms with Crippen LogP contribution in [0.5, 0.6) is 5.75 Å². The first-order valence-electron chi connectivity index (χ1n) is 5.06. The maximum Gasteiger partial charge on any atom is 0.119 e. The van der Waals surface area contributed by atoms with E-state index in [1.807, 2.05) is 13.0 Å². The molecule has 0 bridgehead atoms. The molecular formula is C12H19NO. The predicted octanol–water partition coefficient (Wildman–Crippen LogP) is 2.46. The van der Waals surface area contributed by atoms with Gasteiger partial charge in [-0.3, -0.25) is 0 Å². The van der Waals surface area contributed by atoms with Gasteiger partial charge in [-0.2, -0.15) is 0 Å². The second-order valence-corrected chi connectivity index (χ2v) is 3.97. The van der Waals surface area contributed by atoms with Gasteiger partial charge < -0.3 is 10.8 Å². The smallest absolute Gasteiger partial charge is 0.119 e. The van der Waals surface area contributed by atoms with E-state index >= 15 is 0 Å². The molecule has 0 aliphatic heterocycles. The van der Waals surface area contributed by atoms with Crippen LogP contribution in [0, 0.1) is 13.8 Å². The van der Waals surface area contributed by atoms with E-state index in [1.165, 1.54) is 5.56 Å². The Balaban J connectivity index is 3.02. The molecule has 0 aliphatic carbocycles. The molecule has 2 nitrogen and oxygen atoms in total. The molecule has 0 radical (unpaired) electrons. The van der Waals surface area contributed by atoms with Crippen molar-refractivity contribution in [3.63, 3.8) is 0 Å². The van der Waals surface area contributed by atoms with Gasteiger partial charge in [0.1, 0.15) is 5.75 Å². The van der Waals surface area contributed by atoms with Crippen molar-refractivity contribution >= 4 is 0 Å². The van der Waals surface area contributed by atoms with E-state index in [0.717, 1.165) is 17.5 Å². The number of phenols is 1. The number of hydrogen-bond donors (Lipinski definition) is 2. The fourth-order valence-electron chi connectivity index (χ4n) is 1.62. The highest BCUT2D eigenvalue weighted by Gasteiger charge is 2.10. The van der Waals surface area contributed by atoms with Crippen LogP contribution in [0.4, 0.5) is 0 Å². The number of aryl methyl sites for hydroxylation is 2. The maximum absolute atomic E-state index is 9.77. The van der Waals surface area contributed by atoms with Gasteiger partial charge in [0.2, 0.25) is 0 Å². The van der Waals surface area contributed by atoms with Gasteiger partial charge in [0.05, 0.1) is 0 Å². The van der Waals surface area contributed by atoms with Crippen molar-refractivity contribution in [2.75, 3.05) is 6.54 Å². The van der Waals surface area contributed by atoms with Crippen LogP contribution >= 0.6 is 0 Å². The molecule has 0 aliphatic rings. The fraction of sp³-hybridized carbons (Fsp3) is 0.500. The second kappa shape index (κ2) is 4.47. The molecule has 14 heavy (non-hydrogen) atoms. The number of rotatable bonds is 3. The van der Waals surface area contributed by atoms with Crippen LogP contribution in [0.15, 0.2) is 12.1 Å². The zero-order valence-corrected chi connectivity index (χ0v) is 9.17. The first-order valence-corrected chi connectivity index (χ1v) is 5.06. The molecule has 0 heterocycles. The van der Waals surface area contributed by atoms with Crippen LogP contribution < -0.4 is 5.73 Å². The van der Waals surface area contributed by atoms with Crippen molar-refractivity contribution in [1.29, 1.82) is 0 Å². The van der Waals surface area contributed by atoms with Crippen LogP contribution in [-0.4, -0.2) is 11.7 Å². The Bertz CT molecular complexity index is 320. The molecule has 1 atom stereocenters. The Morgan fingerprint density at radius 3 is 2.43 bits per heavy atom. The van der Waals surface area contributed by atoms with E-state index in [9.17, 15) is 5.11 Å². The normalized spacial score (nSPS) is 12.9. The Morgan fingerprint density at radius 1 is 1.29 bits per heavy atom. The third-order valence-corrected chi connectivity index (χ3v) is 2.77. The standard InChI is InChI=1S/C12H19NO/c1-8(4-5-13)11-6-9(2)10(3)7-12(11)14/h6-8,14H,4-5,13H2,1-3H3. The monoisotopic (exact) mass is 193 g/mol. The molecule has 0 fully saturated rings. The summed E-state index contributed by atoms with van der Waals surface area (Å²) in [4.78, 5) is 0. The lowest BCUT2D eigenvalue weighted by Crippen LogP contribution is -2.05. The molecular weight excluding hydrogens is 174 g/mol. The van der Waals surface area contributed by atoms with Gasteiger partial charge in [-0.05, 0) is 55.5 Å². The summed E-state index contributed by atoms with van der Waals surface area (Å²) in [5.41, 5.74) is 8.87. The SMILES string of the molecule is Cc1cc(O)c(C(C)CCN)cc1C. The molecule has 1 rings (SSSR count). The highest BCUT2D eigenvalue weighted by molar-refractivity contribution is 5.42. The quantitative estimate of drug-likeness (QED) is 0.774. The van der Waals surface area contributed by atoms with E-state index in [-0.39, 0.29) is 0 Å². The van der Waals surface area contributed by atoms with Gasteiger partial charge >= 0.3 is 0 Å². The molecule has 3 N–H and O–H groups in total. The van der Waals surface area contributed by atoms with E-state index in [2.05, 4.69) is 19.9 Å². The van der Waals surface area contributed by atoms with Crippen LogP contribution in [-0.2, 0) is 0 Å². The summed E-state index contributed by atoms with van der Waals surface area (Å²) in [5, 5.41) is 9.77. The lowest BCUT2D eigenvalue weighted by atomic mass is 9.93. The summed E-state index contributed by atoms with van der Waals surface area (Å²) in [6.07, 6.45) is 0.913. The van der Waals surface area contributed by atoms with Gasteiger partial charge in [-0.15, -0.1) is 0 Å². The predicted molar refractivity (Wildman–Crippen MR) is 59.7 cm³/mol. The largest absolute Gasteiger partial charge is 0.508 e. The molecule has 1 aromatic carbocycles. The maximum atomic E-state index is 9.77. The number of nitrogens with two attached hydrogens (primary N) is 1. The van der Waals surface area contributed by atoms with Crippen molar-refractivity contribution in [2.24, 2.45) is 5.73 Å².